The monoisotopic (exact) mass is 446 g/mol. The van der Waals surface area contributed by atoms with E-state index in [9.17, 15) is 0 Å². The molecule has 32 heavy (non-hydrogen) atoms. The van der Waals surface area contributed by atoms with E-state index in [1.54, 1.807) is 0 Å². The summed E-state index contributed by atoms with van der Waals surface area (Å²) >= 11 is 0. The Labute approximate surface area is 195 Å². The number of hydrogen-bond acceptors (Lipinski definition) is 4. The average molecular weight is 447 g/mol. The van der Waals surface area contributed by atoms with Crippen molar-refractivity contribution in [2.75, 3.05) is 0 Å². The van der Waals surface area contributed by atoms with Crippen molar-refractivity contribution in [1.29, 1.82) is 0 Å². The van der Waals surface area contributed by atoms with Gasteiger partial charge >= 0.3 is 0 Å². The van der Waals surface area contributed by atoms with E-state index >= 15 is 0 Å². The molecule has 0 fully saturated rings. The van der Waals surface area contributed by atoms with Gasteiger partial charge in [0.1, 0.15) is 13.2 Å². The normalized spacial score (nSPS) is 10.3. The molecule has 0 saturated heterocycles. The molecule has 0 aliphatic heterocycles. The van der Waals surface area contributed by atoms with Crippen LogP contribution in [0.4, 0.5) is 0 Å². The fourth-order valence-electron chi connectivity index (χ4n) is 3.35. The molecular weight excluding hydrogens is 420 g/mol. The third-order valence-corrected chi connectivity index (χ3v) is 5.16. The molecule has 0 radical (unpaired) electrons. The van der Waals surface area contributed by atoms with Crippen molar-refractivity contribution in [3.63, 3.8) is 0 Å². The highest BCUT2D eigenvalue weighted by atomic mass is 35.5. The van der Waals surface area contributed by atoms with Crippen LogP contribution in [0.5, 0.6) is 11.8 Å². The molecule has 3 aromatic carbocycles. The summed E-state index contributed by atoms with van der Waals surface area (Å²) in [5.41, 5.74) is 12.3. The number of aryl methyl sites for hydroxylation is 1. The molecule has 0 saturated carbocycles. The molecule has 0 unspecified atom stereocenters. The van der Waals surface area contributed by atoms with Crippen LogP contribution in [0.25, 0.3) is 11.1 Å². The predicted octanol–water partition coefficient (Wildman–Crippen LogP) is 6.10. The Hall–Kier alpha value is -3.34. The van der Waals surface area contributed by atoms with Crippen LogP contribution in [0.2, 0.25) is 0 Å². The summed E-state index contributed by atoms with van der Waals surface area (Å²) < 4.78 is 12.1. The number of rotatable bonds is 8. The Morgan fingerprint density at radius 3 is 2.00 bits per heavy atom. The zero-order chi connectivity index (χ0) is 21.5. The molecule has 2 N–H and O–H groups in total. The van der Waals surface area contributed by atoms with Crippen molar-refractivity contribution in [3.05, 3.63) is 113 Å². The molecule has 4 rings (SSSR count). The Kier molecular flexibility index (Phi) is 8.26. The maximum absolute atomic E-state index is 6.15. The zero-order valence-corrected chi connectivity index (χ0v) is 18.8. The van der Waals surface area contributed by atoms with E-state index in [4.69, 9.17) is 15.2 Å². The molecule has 1 heterocycles. The van der Waals surface area contributed by atoms with E-state index in [0.29, 0.717) is 31.5 Å². The minimum absolute atomic E-state index is 0. The molecule has 0 aliphatic rings. The van der Waals surface area contributed by atoms with Gasteiger partial charge in [0.05, 0.1) is 0 Å². The Morgan fingerprint density at radius 2 is 1.38 bits per heavy atom. The molecule has 0 amide bonds. The molecule has 0 bridgehead atoms. The van der Waals surface area contributed by atoms with Gasteiger partial charge in [-0.05, 0) is 46.9 Å². The second-order valence-electron chi connectivity index (χ2n) is 7.40. The Bertz CT molecular complexity index is 1130. The molecule has 164 valence electrons. The smallest absolute Gasteiger partial charge is 0.225 e. The summed E-state index contributed by atoms with van der Waals surface area (Å²) in [5, 5.41) is 0. The van der Waals surface area contributed by atoms with E-state index in [0.717, 1.165) is 27.8 Å². The van der Waals surface area contributed by atoms with Gasteiger partial charge in [0.25, 0.3) is 0 Å². The zero-order valence-electron chi connectivity index (χ0n) is 18.0. The molecule has 0 spiro atoms. The third kappa shape index (κ3) is 5.88. The van der Waals surface area contributed by atoms with Gasteiger partial charge in [-0.15, -0.1) is 12.4 Å². The fraction of sp³-hybridized carbons (Fsp3) is 0.148. The summed E-state index contributed by atoms with van der Waals surface area (Å²) in [7, 11) is 0. The van der Waals surface area contributed by atoms with Gasteiger partial charge in [-0.1, -0.05) is 72.8 Å². The lowest BCUT2D eigenvalue weighted by molar-refractivity contribution is 0.268. The maximum atomic E-state index is 6.15. The minimum Gasteiger partial charge on any atom is -0.473 e. The number of aromatic nitrogens is 1. The molecule has 4 aromatic rings. The molecule has 1 aromatic heterocycles. The molecule has 5 heteroatoms. The van der Waals surface area contributed by atoms with Crippen LogP contribution in [-0.2, 0) is 19.8 Å². The third-order valence-electron chi connectivity index (χ3n) is 5.16. The summed E-state index contributed by atoms with van der Waals surface area (Å²) in [6, 6.07) is 30.2. The summed E-state index contributed by atoms with van der Waals surface area (Å²) in [6.07, 6.45) is 0. The van der Waals surface area contributed by atoms with Crippen LogP contribution in [0.15, 0.2) is 91.0 Å². The van der Waals surface area contributed by atoms with Crippen molar-refractivity contribution in [1.82, 2.24) is 4.98 Å². The van der Waals surface area contributed by atoms with Crippen LogP contribution in [0.3, 0.4) is 0 Å². The topological polar surface area (TPSA) is 57.4 Å². The summed E-state index contributed by atoms with van der Waals surface area (Å²) in [5.74, 6) is 1.07. The standard InChI is InChI=1S/C27H26N2O2.ClH/c1-20-12-13-23(16-24(20)17-28)25-14-15-26(30-18-21-8-4-2-5-9-21)29-27(25)31-19-22-10-6-3-7-11-22;/h2-16H,17-19,28H2,1H3;1H. The quantitative estimate of drug-likeness (QED) is 0.355. The van der Waals surface area contributed by atoms with Gasteiger partial charge in [-0.2, -0.15) is 4.98 Å². The number of nitrogens with two attached hydrogens (primary N) is 1. The number of halogens is 1. The van der Waals surface area contributed by atoms with Gasteiger partial charge < -0.3 is 15.2 Å². The molecule has 0 aliphatic carbocycles. The lowest BCUT2D eigenvalue weighted by atomic mass is 10.0. The fourth-order valence-corrected chi connectivity index (χ4v) is 3.35. The van der Waals surface area contributed by atoms with Gasteiger partial charge in [-0.3, -0.25) is 0 Å². The number of ether oxygens (including phenoxy) is 2. The van der Waals surface area contributed by atoms with Crippen molar-refractivity contribution >= 4 is 12.4 Å². The second kappa shape index (κ2) is 11.3. The second-order valence-corrected chi connectivity index (χ2v) is 7.40. The van der Waals surface area contributed by atoms with Gasteiger partial charge in [-0.25, -0.2) is 0 Å². The molecule has 4 nitrogen and oxygen atoms in total. The number of nitrogens with zero attached hydrogens (tertiary/aromatic N) is 1. The Morgan fingerprint density at radius 1 is 0.750 bits per heavy atom. The minimum atomic E-state index is 0. The van der Waals surface area contributed by atoms with E-state index in [2.05, 4.69) is 30.1 Å². The van der Waals surface area contributed by atoms with Crippen LogP contribution in [-0.4, -0.2) is 4.98 Å². The lowest BCUT2D eigenvalue weighted by Crippen LogP contribution is -2.03. The lowest BCUT2D eigenvalue weighted by Gasteiger charge is -2.14. The van der Waals surface area contributed by atoms with E-state index in [1.807, 2.05) is 72.8 Å². The van der Waals surface area contributed by atoms with Crippen molar-refractivity contribution in [3.8, 4) is 22.9 Å². The number of benzene rings is 3. The summed E-state index contributed by atoms with van der Waals surface area (Å²) in [4.78, 5) is 4.68. The highest BCUT2D eigenvalue weighted by Crippen LogP contribution is 2.32. The summed E-state index contributed by atoms with van der Waals surface area (Å²) in [6.45, 7) is 3.44. The average Bonchev–Trinajstić information content (AvgIpc) is 2.83. The maximum Gasteiger partial charge on any atom is 0.225 e. The van der Waals surface area contributed by atoms with Gasteiger partial charge in [0, 0.05) is 18.2 Å². The first-order valence-corrected chi connectivity index (χ1v) is 10.4. The van der Waals surface area contributed by atoms with Crippen LogP contribution >= 0.6 is 12.4 Å². The first-order valence-electron chi connectivity index (χ1n) is 10.4. The number of pyridine rings is 1. The largest absolute Gasteiger partial charge is 0.473 e. The van der Waals surface area contributed by atoms with Gasteiger partial charge in [0.15, 0.2) is 0 Å². The van der Waals surface area contributed by atoms with Crippen LogP contribution in [0.1, 0.15) is 22.3 Å². The van der Waals surface area contributed by atoms with Gasteiger partial charge in [0.2, 0.25) is 11.8 Å². The molecule has 0 atom stereocenters. The van der Waals surface area contributed by atoms with Crippen LogP contribution in [0, 0.1) is 6.92 Å². The SMILES string of the molecule is Cc1ccc(-c2ccc(OCc3ccccc3)nc2OCc2ccccc2)cc1CN.Cl. The highest BCUT2D eigenvalue weighted by Gasteiger charge is 2.12. The van der Waals surface area contributed by atoms with Crippen molar-refractivity contribution in [2.24, 2.45) is 5.73 Å². The Balaban J connectivity index is 0.00000289. The van der Waals surface area contributed by atoms with Crippen LogP contribution < -0.4 is 15.2 Å². The highest BCUT2D eigenvalue weighted by molar-refractivity contribution is 5.85. The van der Waals surface area contributed by atoms with E-state index in [1.165, 1.54) is 5.56 Å². The van der Waals surface area contributed by atoms with Crippen molar-refractivity contribution in [2.45, 2.75) is 26.7 Å². The first kappa shape index (κ1) is 23.3. The van der Waals surface area contributed by atoms with E-state index in [-0.39, 0.29) is 12.4 Å². The number of hydrogen-bond donors (Lipinski definition) is 1. The van der Waals surface area contributed by atoms with Crippen molar-refractivity contribution < 1.29 is 9.47 Å². The predicted molar refractivity (Wildman–Crippen MR) is 131 cm³/mol. The molecular formula is C27H27ClN2O2. The first-order chi connectivity index (χ1) is 15.2. The van der Waals surface area contributed by atoms with E-state index < -0.39 is 0 Å².